The van der Waals surface area contributed by atoms with Crippen molar-refractivity contribution in [3.05, 3.63) is 54.1 Å². The molecule has 0 amide bonds. The molecule has 0 radical (unpaired) electrons. The van der Waals surface area contributed by atoms with E-state index in [1.807, 2.05) is 12.4 Å². The molecular weight excluding hydrogens is 300 g/mol. The fourth-order valence-electron chi connectivity index (χ4n) is 3.53. The number of aliphatic hydroxyl groups is 1. The zero-order chi connectivity index (χ0) is 16.8. The Balaban J connectivity index is 1.62. The molecule has 1 aliphatic rings. The minimum atomic E-state index is 0.243. The van der Waals surface area contributed by atoms with Gasteiger partial charge in [0.15, 0.2) is 0 Å². The van der Waals surface area contributed by atoms with E-state index in [-0.39, 0.29) is 6.61 Å². The number of aliphatic hydroxyl groups excluding tert-OH is 1. The maximum absolute atomic E-state index is 9.47. The summed E-state index contributed by atoms with van der Waals surface area (Å²) in [6, 6.07) is 11.0. The Morgan fingerprint density at radius 3 is 2.75 bits per heavy atom. The van der Waals surface area contributed by atoms with Gasteiger partial charge in [-0.3, -0.25) is 9.80 Å². The number of rotatable bonds is 7. The van der Waals surface area contributed by atoms with E-state index in [2.05, 4.69) is 56.6 Å². The van der Waals surface area contributed by atoms with Crippen LogP contribution < -0.4 is 0 Å². The molecule has 1 saturated heterocycles. The molecule has 5 nitrogen and oxygen atoms in total. The molecule has 130 valence electrons. The van der Waals surface area contributed by atoms with Crippen molar-refractivity contribution in [2.45, 2.75) is 39.0 Å². The largest absolute Gasteiger partial charge is 0.396 e. The van der Waals surface area contributed by atoms with Crippen LogP contribution in [-0.4, -0.2) is 56.7 Å². The highest BCUT2D eigenvalue weighted by atomic mass is 16.3. The lowest BCUT2D eigenvalue weighted by molar-refractivity contribution is 0.0483. The summed E-state index contributed by atoms with van der Waals surface area (Å²) in [6.45, 7) is 8.28. The third-order valence-corrected chi connectivity index (χ3v) is 4.89. The Labute approximate surface area is 144 Å². The van der Waals surface area contributed by atoms with Crippen molar-refractivity contribution in [3.8, 4) is 0 Å². The van der Waals surface area contributed by atoms with Crippen molar-refractivity contribution in [3.63, 3.8) is 0 Å². The summed E-state index contributed by atoms with van der Waals surface area (Å²) in [6.07, 6.45) is 4.76. The number of aryl methyl sites for hydroxylation is 1. The Bertz CT molecular complexity index is 613. The number of hydrogen-bond donors (Lipinski definition) is 1. The first-order chi connectivity index (χ1) is 11.8. The highest BCUT2D eigenvalue weighted by Crippen LogP contribution is 2.18. The van der Waals surface area contributed by atoms with Crippen molar-refractivity contribution >= 4 is 0 Å². The van der Waals surface area contributed by atoms with Gasteiger partial charge in [0.05, 0.1) is 6.54 Å². The fourth-order valence-corrected chi connectivity index (χ4v) is 3.53. The second-order valence-electron chi connectivity index (χ2n) is 6.49. The van der Waals surface area contributed by atoms with E-state index < -0.39 is 0 Å². The van der Waals surface area contributed by atoms with Crippen molar-refractivity contribution in [2.24, 2.45) is 0 Å². The summed E-state index contributed by atoms with van der Waals surface area (Å²) in [7, 11) is 0. The second-order valence-corrected chi connectivity index (χ2v) is 6.49. The molecule has 0 aliphatic carbocycles. The third-order valence-electron chi connectivity index (χ3n) is 4.89. The standard InChI is InChI=1S/C19H28N4O/c1-2-22-10-9-20-19(22)16-21-11-12-23(18(15-21)8-13-24)14-17-6-4-3-5-7-17/h3-7,9-10,18,24H,2,8,11-16H2,1H3/t18-/m1/s1. The maximum atomic E-state index is 9.47. The SMILES string of the molecule is CCn1ccnc1CN1CCN(Cc2ccccc2)[C@H](CCO)C1. The van der Waals surface area contributed by atoms with Crippen LogP contribution in [0.3, 0.4) is 0 Å². The minimum absolute atomic E-state index is 0.243. The van der Waals surface area contributed by atoms with Crippen molar-refractivity contribution in [1.82, 2.24) is 19.4 Å². The van der Waals surface area contributed by atoms with Gasteiger partial charge in [-0.1, -0.05) is 30.3 Å². The van der Waals surface area contributed by atoms with Crippen LogP contribution in [-0.2, 0) is 19.6 Å². The smallest absolute Gasteiger partial charge is 0.122 e. The predicted octanol–water partition coefficient (Wildman–Crippen LogP) is 1.97. The summed E-state index contributed by atoms with van der Waals surface area (Å²) >= 11 is 0. The Morgan fingerprint density at radius 1 is 1.17 bits per heavy atom. The molecule has 24 heavy (non-hydrogen) atoms. The quantitative estimate of drug-likeness (QED) is 0.844. The van der Waals surface area contributed by atoms with Gasteiger partial charge in [0.2, 0.25) is 0 Å². The third kappa shape index (κ3) is 4.23. The van der Waals surface area contributed by atoms with E-state index in [0.717, 1.165) is 51.5 Å². The average molecular weight is 328 g/mol. The van der Waals surface area contributed by atoms with E-state index in [9.17, 15) is 5.11 Å². The predicted molar refractivity (Wildman–Crippen MR) is 95.5 cm³/mol. The fraction of sp³-hybridized carbons (Fsp3) is 0.526. The van der Waals surface area contributed by atoms with Gasteiger partial charge >= 0.3 is 0 Å². The highest BCUT2D eigenvalue weighted by Gasteiger charge is 2.27. The zero-order valence-electron chi connectivity index (χ0n) is 14.5. The summed E-state index contributed by atoms with van der Waals surface area (Å²) in [5, 5.41) is 9.47. The highest BCUT2D eigenvalue weighted by molar-refractivity contribution is 5.14. The molecule has 5 heteroatoms. The zero-order valence-corrected chi connectivity index (χ0v) is 14.5. The first-order valence-corrected chi connectivity index (χ1v) is 8.91. The molecule has 1 fully saturated rings. The monoisotopic (exact) mass is 328 g/mol. The van der Waals surface area contributed by atoms with Gasteiger partial charge in [-0.25, -0.2) is 4.98 Å². The molecule has 0 bridgehead atoms. The molecule has 2 heterocycles. The molecule has 0 saturated carbocycles. The molecule has 1 N–H and O–H groups in total. The second kappa shape index (κ2) is 8.42. The molecule has 1 aliphatic heterocycles. The summed E-state index contributed by atoms with van der Waals surface area (Å²) in [5.41, 5.74) is 1.34. The summed E-state index contributed by atoms with van der Waals surface area (Å²) < 4.78 is 2.21. The Kier molecular flexibility index (Phi) is 6.01. The van der Waals surface area contributed by atoms with Gasteiger partial charge in [0, 0.05) is 57.8 Å². The van der Waals surface area contributed by atoms with Gasteiger partial charge in [0.25, 0.3) is 0 Å². The summed E-state index contributed by atoms with van der Waals surface area (Å²) in [5.74, 6) is 1.14. The summed E-state index contributed by atoms with van der Waals surface area (Å²) in [4.78, 5) is 9.47. The lowest BCUT2D eigenvalue weighted by Gasteiger charge is -2.41. The molecule has 0 unspecified atom stereocenters. The Hall–Kier alpha value is -1.69. The van der Waals surface area contributed by atoms with Gasteiger partial charge in [-0.2, -0.15) is 0 Å². The van der Waals surface area contributed by atoms with Crippen LogP contribution in [0.2, 0.25) is 0 Å². The number of piperazine rings is 1. The van der Waals surface area contributed by atoms with Gasteiger partial charge in [0.1, 0.15) is 5.82 Å². The van der Waals surface area contributed by atoms with Crippen molar-refractivity contribution in [1.29, 1.82) is 0 Å². The number of benzene rings is 1. The molecule has 0 spiro atoms. The first-order valence-electron chi connectivity index (χ1n) is 8.91. The first kappa shape index (κ1) is 17.1. The molecule has 1 aromatic heterocycles. The lowest BCUT2D eigenvalue weighted by atomic mass is 10.1. The van der Waals surface area contributed by atoms with Crippen molar-refractivity contribution in [2.75, 3.05) is 26.2 Å². The minimum Gasteiger partial charge on any atom is -0.396 e. The molecule has 1 atom stereocenters. The van der Waals surface area contributed by atoms with Gasteiger partial charge < -0.3 is 9.67 Å². The van der Waals surface area contributed by atoms with Crippen LogP contribution >= 0.6 is 0 Å². The van der Waals surface area contributed by atoms with E-state index in [1.54, 1.807) is 0 Å². The molecule has 3 rings (SSSR count). The van der Waals surface area contributed by atoms with Crippen molar-refractivity contribution < 1.29 is 5.11 Å². The van der Waals surface area contributed by atoms with Crippen LogP contribution in [0.1, 0.15) is 24.7 Å². The average Bonchev–Trinajstić information content (AvgIpc) is 3.05. The Morgan fingerprint density at radius 2 is 2.00 bits per heavy atom. The van der Waals surface area contributed by atoms with Crippen LogP contribution in [0.15, 0.2) is 42.7 Å². The van der Waals surface area contributed by atoms with E-state index in [4.69, 9.17) is 0 Å². The van der Waals surface area contributed by atoms with Crippen LogP contribution in [0.25, 0.3) is 0 Å². The van der Waals surface area contributed by atoms with Gasteiger partial charge in [-0.15, -0.1) is 0 Å². The van der Waals surface area contributed by atoms with E-state index in [1.165, 1.54) is 5.56 Å². The number of nitrogens with zero attached hydrogens (tertiary/aromatic N) is 4. The van der Waals surface area contributed by atoms with Crippen LogP contribution in [0.4, 0.5) is 0 Å². The normalized spacial score (nSPS) is 19.7. The topological polar surface area (TPSA) is 44.5 Å². The maximum Gasteiger partial charge on any atom is 0.122 e. The lowest BCUT2D eigenvalue weighted by Crippen LogP contribution is -2.52. The molecule has 2 aromatic rings. The number of aromatic nitrogens is 2. The van der Waals surface area contributed by atoms with Crippen LogP contribution in [0, 0.1) is 0 Å². The van der Waals surface area contributed by atoms with Gasteiger partial charge in [-0.05, 0) is 18.9 Å². The molecule has 1 aromatic carbocycles. The van der Waals surface area contributed by atoms with E-state index >= 15 is 0 Å². The van der Waals surface area contributed by atoms with Crippen LogP contribution in [0.5, 0.6) is 0 Å². The number of hydrogen-bond acceptors (Lipinski definition) is 4. The van der Waals surface area contributed by atoms with E-state index in [0.29, 0.717) is 6.04 Å². The number of imidazole rings is 1. The molecular formula is C19H28N4O.